The molecule has 0 aromatic carbocycles. The number of hydrogen-bond acceptors (Lipinski definition) is 2. The number of carboxylic acid groups (broad SMARTS) is 1. The van der Waals surface area contributed by atoms with E-state index >= 15 is 0 Å². The van der Waals surface area contributed by atoms with Crippen LogP contribution in [-0.4, -0.2) is 86.9 Å². The summed E-state index contributed by atoms with van der Waals surface area (Å²) in [5, 5.41) is 8.57. The minimum atomic E-state index is -0.956. The maximum atomic E-state index is 11.5. The van der Waals surface area contributed by atoms with Crippen molar-refractivity contribution in [2.75, 3.05) is 13.6 Å². The molecule has 0 rings (SSSR count). The van der Waals surface area contributed by atoms with Crippen LogP contribution in [0.4, 0.5) is 0 Å². The van der Waals surface area contributed by atoms with Crippen LogP contribution in [0.25, 0.3) is 0 Å². The molecule has 0 heterocycles. The molecule has 0 fully saturated rings. The van der Waals surface area contributed by atoms with Crippen LogP contribution in [0.5, 0.6) is 0 Å². The van der Waals surface area contributed by atoms with E-state index in [0.717, 1.165) is 12.8 Å². The van der Waals surface area contributed by atoms with Gasteiger partial charge in [0.15, 0.2) is 0 Å². The molecule has 5 heteroatoms. The van der Waals surface area contributed by atoms with Crippen molar-refractivity contribution in [3.63, 3.8) is 0 Å². The third kappa shape index (κ3) is 15.0. The topological polar surface area (TPSA) is 57.6 Å². The number of amides is 1. The van der Waals surface area contributed by atoms with Gasteiger partial charge in [0.25, 0.3) is 0 Å². The van der Waals surface area contributed by atoms with E-state index in [4.69, 9.17) is 5.11 Å². The number of unbranched alkanes of at least 4 members (excludes halogenated alkanes) is 8. The summed E-state index contributed by atoms with van der Waals surface area (Å²) in [6.45, 7) is 2.02. The zero-order chi connectivity index (χ0) is 14.5. The number of likely N-dealkylation sites (N-methyl/N-ethyl adjacent to an activating group) is 1. The van der Waals surface area contributed by atoms with Crippen LogP contribution >= 0.6 is 0 Å². The summed E-state index contributed by atoms with van der Waals surface area (Å²) in [7, 11) is 1.55. The quantitative estimate of drug-likeness (QED) is 0.445. The Morgan fingerprint density at radius 1 is 0.900 bits per heavy atom. The molecule has 0 aliphatic heterocycles. The van der Waals surface area contributed by atoms with Gasteiger partial charge >= 0.3 is 57.4 Å². The van der Waals surface area contributed by atoms with E-state index in [2.05, 4.69) is 6.92 Å². The molecular formula is C15H30KNO3. The summed E-state index contributed by atoms with van der Waals surface area (Å²) in [5.74, 6) is -1.02. The van der Waals surface area contributed by atoms with E-state index in [1.807, 2.05) is 0 Å². The first-order valence-electron chi connectivity index (χ1n) is 7.53. The van der Waals surface area contributed by atoms with Gasteiger partial charge in [0.05, 0.1) is 0 Å². The van der Waals surface area contributed by atoms with Crippen LogP contribution in [0.15, 0.2) is 0 Å². The summed E-state index contributed by atoms with van der Waals surface area (Å²) in [4.78, 5) is 23.3. The van der Waals surface area contributed by atoms with E-state index in [0.29, 0.717) is 6.42 Å². The summed E-state index contributed by atoms with van der Waals surface area (Å²) >= 11 is 0. The fourth-order valence-corrected chi connectivity index (χ4v) is 2.07. The Morgan fingerprint density at radius 2 is 1.35 bits per heavy atom. The van der Waals surface area contributed by atoms with Gasteiger partial charge in [0.1, 0.15) is 6.54 Å². The number of carbonyl (C=O) groups excluding carboxylic acids is 1. The first-order chi connectivity index (χ1) is 9.07. The molecule has 0 aliphatic rings. The number of hydrogen-bond donors (Lipinski definition) is 1. The van der Waals surface area contributed by atoms with Crippen LogP contribution in [0.3, 0.4) is 0 Å². The molecule has 0 saturated heterocycles. The SMILES string of the molecule is CCCCCCCCCCCC(=O)N(C)CC(=O)O.[KH]. The second kappa shape index (κ2) is 16.0. The molecule has 0 atom stereocenters. The molecule has 0 bridgehead atoms. The molecule has 0 aromatic rings. The Kier molecular flexibility index (Phi) is 18.2. The molecule has 0 radical (unpaired) electrons. The van der Waals surface area contributed by atoms with Crippen LogP contribution in [-0.2, 0) is 9.59 Å². The average molecular weight is 312 g/mol. The predicted molar refractivity (Wildman–Crippen MR) is 84.3 cm³/mol. The van der Waals surface area contributed by atoms with Gasteiger partial charge < -0.3 is 10.0 Å². The molecule has 0 aromatic heterocycles. The molecule has 0 aliphatic carbocycles. The second-order valence-electron chi connectivity index (χ2n) is 5.22. The van der Waals surface area contributed by atoms with Crippen LogP contribution < -0.4 is 0 Å². The van der Waals surface area contributed by atoms with Crippen molar-refractivity contribution >= 4 is 63.3 Å². The molecule has 114 valence electrons. The summed E-state index contributed by atoms with van der Waals surface area (Å²) in [6, 6.07) is 0. The fourth-order valence-electron chi connectivity index (χ4n) is 2.07. The van der Waals surface area contributed by atoms with Gasteiger partial charge in [-0.05, 0) is 6.42 Å². The molecule has 0 saturated carbocycles. The Labute approximate surface area is 166 Å². The molecular weight excluding hydrogens is 281 g/mol. The van der Waals surface area contributed by atoms with E-state index in [1.165, 1.54) is 49.8 Å². The first kappa shape index (κ1) is 22.9. The van der Waals surface area contributed by atoms with E-state index < -0.39 is 5.97 Å². The van der Waals surface area contributed by atoms with Gasteiger partial charge in [-0.3, -0.25) is 9.59 Å². The zero-order valence-electron chi connectivity index (χ0n) is 12.5. The van der Waals surface area contributed by atoms with Crippen molar-refractivity contribution in [2.45, 2.75) is 71.1 Å². The third-order valence-electron chi connectivity index (χ3n) is 3.29. The summed E-state index contributed by atoms with van der Waals surface area (Å²) in [5.41, 5.74) is 0. The summed E-state index contributed by atoms with van der Waals surface area (Å²) in [6.07, 6.45) is 11.4. The Balaban J connectivity index is 0. The first-order valence-corrected chi connectivity index (χ1v) is 7.53. The van der Waals surface area contributed by atoms with Gasteiger partial charge in [-0.2, -0.15) is 0 Å². The Hall–Kier alpha value is 0.576. The van der Waals surface area contributed by atoms with Crippen molar-refractivity contribution in [3.05, 3.63) is 0 Å². The fraction of sp³-hybridized carbons (Fsp3) is 0.867. The van der Waals surface area contributed by atoms with Gasteiger partial charge in [0.2, 0.25) is 5.91 Å². The van der Waals surface area contributed by atoms with Crippen molar-refractivity contribution in [1.82, 2.24) is 4.90 Å². The van der Waals surface area contributed by atoms with Gasteiger partial charge in [-0.1, -0.05) is 58.3 Å². The van der Waals surface area contributed by atoms with Crippen LogP contribution in [0.2, 0.25) is 0 Å². The molecule has 1 N–H and O–H groups in total. The predicted octanol–water partition coefficient (Wildman–Crippen LogP) is 2.80. The maximum absolute atomic E-state index is 11.5. The minimum absolute atomic E-state index is 0. The second-order valence-corrected chi connectivity index (χ2v) is 5.22. The van der Waals surface area contributed by atoms with E-state index in [9.17, 15) is 9.59 Å². The molecule has 0 unspecified atom stereocenters. The number of nitrogens with zero attached hydrogens (tertiary/aromatic N) is 1. The van der Waals surface area contributed by atoms with Crippen LogP contribution in [0.1, 0.15) is 71.1 Å². The van der Waals surface area contributed by atoms with Gasteiger partial charge in [-0.15, -0.1) is 0 Å². The van der Waals surface area contributed by atoms with Crippen molar-refractivity contribution in [2.24, 2.45) is 0 Å². The molecule has 4 nitrogen and oxygen atoms in total. The van der Waals surface area contributed by atoms with E-state index in [1.54, 1.807) is 7.05 Å². The number of carboxylic acids is 1. The van der Waals surface area contributed by atoms with Crippen molar-refractivity contribution < 1.29 is 14.7 Å². The normalized spacial score (nSPS) is 9.90. The third-order valence-corrected chi connectivity index (χ3v) is 3.29. The molecule has 20 heavy (non-hydrogen) atoms. The number of rotatable bonds is 12. The zero-order valence-corrected chi connectivity index (χ0v) is 12.5. The average Bonchev–Trinajstić information content (AvgIpc) is 2.35. The molecule has 1 amide bonds. The van der Waals surface area contributed by atoms with Crippen molar-refractivity contribution in [3.8, 4) is 0 Å². The number of aliphatic carboxylic acids is 1. The Morgan fingerprint density at radius 3 is 1.80 bits per heavy atom. The standard InChI is InChI=1S/C15H29NO3.K.H/c1-3-4-5-6-7-8-9-10-11-12-14(17)16(2)13-15(18)19;;/h3-13H2,1-2H3,(H,18,19);;. The van der Waals surface area contributed by atoms with Gasteiger partial charge in [0, 0.05) is 13.5 Å². The Bertz CT molecular complexity index is 260. The van der Waals surface area contributed by atoms with E-state index in [-0.39, 0.29) is 63.8 Å². The summed E-state index contributed by atoms with van der Waals surface area (Å²) < 4.78 is 0. The van der Waals surface area contributed by atoms with Crippen molar-refractivity contribution in [1.29, 1.82) is 0 Å². The number of carbonyl (C=O) groups is 2. The molecule has 0 spiro atoms. The monoisotopic (exact) mass is 311 g/mol. The van der Waals surface area contributed by atoms with Gasteiger partial charge in [-0.25, -0.2) is 0 Å². The van der Waals surface area contributed by atoms with Crippen LogP contribution in [0, 0.1) is 0 Å².